The summed E-state index contributed by atoms with van der Waals surface area (Å²) in [7, 11) is -3.19. The minimum Gasteiger partial charge on any atom is -0.374 e. The van der Waals surface area contributed by atoms with Crippen LogP contribution in [-0.4, -0.2) is 30.9 Å². The van der Waals surface area contributed by atoms with Crippen LogP contribution >= 0.6 is 0 Å². The molecule has 2 aromatic rings. The second-order valence-corrected chi connectivity index (χ2v) is 7.80. The van der Waals surface area contributed by atoms with Gasteiger partial charge >= 0.3 is 0 Å². The maximum Gasteiger partial charge on any atom is 0.248 e. The lowest BCUT2D eigenvalue weighted by atomic mass is 10.1. The zero-order valence-electron chi connectivity index (χ0n) is 13.4. The van der Waals surface area contributed by atoms with Crippen LogP contribution in [0.2, 0.25) is 0 Å². The number of anilines is 2. The molecule has 8 heteroatoms. The normalized spacial score (nSPS) is 18.1. The lowest BCUT2D eigenvalue weighted by Gasteiger charge is -2.21. The number of sulfonamides is 1. The lowest BCUT2D eigenvalue weighted by molar-refractivity contribution is 0.364. The molecule has 0 saturated carbocycles. The third-order valence-corrected chi connectivity index (χ3v) is 5.73. The Morgan fingerprint density at radius 3 is 2.74 bits per heavy atom. The first kappa shape index (κ1) is 15.8. The molecule has 1 atom stereocenters. The minimum atomic E-state index is -3.19. The molecule has 0 spiro atoms. The maximum atomic E-state index is 12.1. The maximum absolute atomic E-state index is 12.1. The molecule has 1 fully saturated rings. The van der Waals surface area contributed by atoms with Crippen molar-refractivity contribution in [1.29, 1.82) is 0 Å². The summed E-state index contributed by atoms with van der Waals surface area (Å²) in [6.07, 6.45) is 0.664. The zero-order valence-corrected chi connectivity index (χ0v) is 14.2. The van der Waals surface area contributed by atoms with Gasteiger partial charge in [-0.25, -0.2) is 8.42 Å². The van der Waals surface area contributed by atoms with Crippen molar-refractivity contribution in [2.45, 2.75) is 33.2 Å². The second-order valence-electron chi connectivity index (χ2n) is 5.79. The molecule has 7 nitrogen and oxygen atoms in total. The molecule has 124 valence electrons. The molecule has 1 saturated heterocycles. The molecule has 0 aliphatic carbocycles. The quantitative estimate of drug-likeness (QED) is 0.922. The van der Waals surface area contributed by atoms with E-state index in [9.17, 15) is 8.42 Å². The summed E-state index contributed by atoms with van der Waals surface area (Å²) in [6, 6.07) is 5.53. The standard InChI is InChI=1S/C15H20N4O3S/c1-10-5-6-13(16-11(2)15-17-12(3)18-22-15)9-14(10)19-7-4-8-23(19,20)21/h5-6,9,11,16H,4,7-8H2,1-3H3/t11-/m1/s1. The van der Waals surface area contributed by atoms with Crippen molar-refractivity contribution in [3.8, 4) is 0 Å². The van der Waals surface area contributed by atoms with Gasteiger partial charge in [0.25, 0.3) is 0 Å². The lowest BCUT2D eigenvalue weighted by Crippen LogP contribution is -2.26. The van der Waals surface area contributed by atoms with Crippen LogP contribution in [-0.2, 0) is 10.0 Å². The van der Waals surface area contributed by atoms with Crippen molar-refractivity contribution in [3.05, 3.63) is 35.5 Å². The molecular formula is C15H20N4O3S. The SMILES string of the molecule is Cc1noc([C@@H](C)Nc2ccc(C)c(N3CCCS3(=O)=O)c2)n1. The highest BCUT2D eigenvalue weighted by molar-refractivity contribution is 7.93. The van der Waals surface area contributed by atoms with Crippen molar-refractivity contribution >= 4 is 21.4 Å². The molecule has 1 aliphatic rings. The number of aryl methyl sites for hydroxylation is 2. The third kappa shape index (κ3) is 3.17. The Hall–Kier alpha value is -2.09. The Morgan fingerprint density at radius 2 is 2.13 bits per heavy atom. The van der Waals surface area contributed by atoms with Crippen LogP contribution in [0.15, 0.2) is 22.7 Å². The number of hydrogen-bond acceptors (Lipinski definition) is 6. The van der Waals surface area contributed by atoms with Gasteiger partial charge in [0, 0.05) is 12.2 Å². The zero-order chi connectivity index (χ0) is 16.6. The Kier molecular flexibility index (Phi) is 4.01. The summed E-state index contributed by atoms with van der Waals surface area (Å²) in [6.45, 7) is 6.13. The van der Waals surface area contributed by atoms with E-state index in [1.807, 2.05) is 32.0 Å². The summed E-state index contributed by atoms with van der Waals surface area (Å²) >= 11 is 0. The first-order valence-electron chi connectivity index (χ1n) is 7.54. The average Bonchev–Trinajstić information content (AvgIpc) is 3.06. The van der Waals surface area contributed by atoms with E-state index in [-0.39, 0.29) is 11.8 Å². The Labute approximate surface area is 135 Å². The molecule has 1 N–H and O–H groups in total. The first-order chi connectivity index (χ1) is 10.9. The van der Waals surface area contributed by atoms with Gasteiger partial charge in [0.05, 0.1) is 11.4 Å². The summed E-state index contributed by atoms with van der Waals surface area (Å²) in [4.78, 5) is 4.20. The number of nitrogens with one attached hydrogen (secondary N) is 1. The summed E-state index contributed by atoms with van der Waals surface area (Å²) in [5.74, 6) is 1.29. The van der Waals surface area contributed by atoms with Crippen LogP contribution in [0, 0.1) is 13.8 Å². The van der Waals surface area contributed by atoms with Gasteiger partial charge in [0.2, 0.25) is 15.9 Å². The third-order valence-electron chi connectivity index (χ3n) is 3.87. The van der Waals surface area contributed by atoms with Crippen molar-refractivity contribution in [3.63, 3.8) is 0 Å². The van der Waals surface area contributed by atoms with Crippen LogP contribution in [0.1, 0.15) is 36.7 Å². The van der Waals surface area contributed by atoms with Gasteiger partial charge in [-0.15, -0.1) is 0 Å². The van der Waals surface area contributed by atoms with Crippen LogP contribution in [0.25, 0.3) is 0 Å². The van der Waals surface area contributed by atoms with Gasteiger partial charge in [-0.05, 0) is 44.9 Å². The van der Waals surface area contributed by atoms with Gasteiger partial charge in [-0.1, -0.05) is 11.2 Å². The van der Waals surface area contributed by atoms with Gasteiger partial charge in [-0.3, -0.25) is 4.31 Å². The molecule has 1 aliphatic heterocycles. The highest BCUT2D eigenvalue weighted by Crippen LogP contribution is 2.31. The van der Waals surface area contributed by atoms with E-state index in [1.54, 1.807) is 6.92 Å². The van der Waals surface area contributed by atoms with E-state index in [4.69, 9.17) is 4.52 Å². The topological polar surface area (TPSA) is 88.3 Å². The highest BCUT2D eigenvalue weighted by Gasteiger charge is 2.29. The van der Waals surface area contributed by atoms with Crippen LogP contribution in [0.3, 0.4) is 0 Å². The number of rotatable bonds is 4. The predicted octanol–water partition coefficient (Wildman–Crippen LogP) is 2.40. The van der Waals surface area contributed by atoms with Crippen molar-refractivity contribution < 1.29 is 12.9 Å². The molecule has 0 unspecified atom stereocenters. The highest BCUT2D eigenvalue weighted by atomic mass is 32.2. The Morgan fingerprint density at radius 1 is 1.35 bits per heavy atom. The predicted molar refractivity (Wildman–Crippen MR) is 88.0 cm³/mol. The largest absolute Gasteiger partial charge is 0.374 e. The molecule has 1 aromatic carbocycles. The molecule has 3 rings (SSSR count). The molecule has 0 amide bonds. The first-order valence-corrected chi connectivity index (χ1v) is 9.15. The molecule has 1 aromatic heterocycles. The van der Waals surface area contributed by atoms with Crippen molar-refractivity contribution in [1.82, 2.24) is 10.1 Å². The Bertz CT molecular complexity index is 816. The number of benzene rings is 1. The molecule has 0 bridgehead atoms. The fourth-order valence-corrected chi connectivity index (χ4v) is 4.30. The molecular weight excluding hydrogens is 316 g/mol. The van der Waals surface area contributed by atoms with E-state index in [0.717, 1.165) is 16.9 Å². The van der Waals surface area contributed by atoms with Gasteiger partial charge in [-0.2, -0.15) is 4.98 Å². The van der Waals surface area contributed by atoms with E-state index < -0.39 is 10.0 Å². The van der Waals surface area contributed by atoms with Crippen LogP contribution < -0.4 is 9.62 Å². The second kappa shape index (κ2) is 5.84. The number of aromatic nitrogens is 2. The van der Waals surface area contributed by atoms with Crippen LogP contribution in [0.4, 0.5) is 11.4 Å². The molecule has 2 heterocycles. The van der Waals surface area contributed by atoms with E-state index in [2.05, 4.69) is 15.5 Å². The van der Waals surface area contributed by atoms with E-state index >= 15 is 0 Å². The van der Waals surface area contributed by atoms with E-state index in [0.29, 0.717) is 24.7 Å². The Balaban J connectivity index is 1.86. The monoisotopic (exact) mass is 336 g/mol. The van der Waals surface area contributed by atoms with Gasteiger partial charge < -0.3 is 9.84 Å². The van der Waals surface area contributed by atoms with Crippen molar-refractivity contribution in [2.24, 2.45) is 0 Å². The van der Waals surface area contributed by atoms with Crippen molar-refractivity contribution in [2.75, 3.05) is 21.9 Å². The smallest absolute Gasteiger partial charge is 0.248 e. The van der Waals surface area contributed by atoms with Gasteiger partial charge in [0.1, 0.15) is 6.04 Å². The molecule has 23 heavy (non-hydrogen) atoms. The fourth-order valence-electron chi connectivity index (χ4n) is 2.68. The number of hydrogen-bond donors (Lipinski definition) is 1. The summed E-state index contributed by atoms with van der Waals surface area (Å²) in [5, 5.41) is 7.05. The van der Waals surface area contributed by atoms with E-state index in [1.165, 1.54) is 4.31 Å². The molecule has 0 radical (unpaired) electrons. The fraction of sp³-hybridized carbons (Fsp3) is 0.467. The van der Waals surface area contributed by atoms with Crippen LogP contribution in [0.5, 0.6) is 0 Å². The summed E-state index contributed by atoms with van der Waals surface area (Å²) < 4.78 is 30.9. The average molecular weight is 336 g/mol. The summed E-state index contributed by atoms with van der Waals surface area (Å²) in [5.41, 5.74) is 2.47. The number of nitrogens with zero attached hydrogens (tertiary/aromatic N) is 3. The minimum absolute atomic E-state index is 0.165. The van der Waals surface area contributed by atoms with Gasteiger partial charge in [0.15, 0.2) is 5.82 Å².